The highest BCUT2D eigenvalue weighted by Gasteiger charge is 2.12. The van der Waals surface area contributed by atoms with Crippen molar-refractivity contribution in [2.45, 2.75) is 0 Å². The Morgan fingerprint density at radius 1 is 1.43 bits per heavy atom. The van der Waals surface area contributed by atoms with Gasteiger partial charge in [-0.15, -0.1) is 0 Å². The number of carbonyl (C=O) groups is 2. The summed E-state index contributed by atoms with van der Waals surface area (Å²) in [7, 11) is 0. The number of nitrogens with two attached hydrogens (primary N) is 1. The lowest BCUT2D eigenvalue weighted by molar-refractivity contribution is 0.0962. The molecule has 3 N–H and O–H groups in total. The van der Waals surface area contributed by atoms with Gasteiger partial charge in [0.2, 0.25) is 0 Å². The molecule has 0 unspecified atom stereocenters. The second-order valence-electron chi connectivity index (χ2n) is 2.44. The number of amides is 3. The molecule has 0 aromatic heterocycles. The van der Waals surface area contributed by atoms with Gasteiger partial charge in [-0.3, -0.25) is 10.1 Å². The van der Waals surface area contributed by atoms with Crippen molar-refractivity contribution in [3.05, 3.63) is 34.1 Å². The molecule has 0 saturated heterocycles. The maximum Gasteiger partial charge on any atom is 0.319 e. The van der Waals surface area contributed by atoms with Gasteiger partial charge >= 0.3 is 6.03 Å². The molecule has 0 saturated carbocycles. The van der Waals surface area contributed by atoms with Crippen LogP contribution in [0.3, 0.4) is 0 Å². The SMILES string of the molecule is NC(=O)NC(=O)c1ccc(Br)cc1F. The highest BCUT2D eigenvalue weighted by Crippen LogP contribution is 2.14. The van der Waals surface area contributed by atoms with E-state index in [1.165, 1.54) is 12.1 Å². The van der Waals surface area contributed by atoms with E-state index < -0.39 is 17.8 Å². The summed E-state index contributed by atoms with van der Waals surface area (Å²) in [6, 6.07) is 2.84. The molecule has 0 bridgehead atoms. The molecule has 0 aliphatic heterocycles. The number of halogens is 2. The van der Waals surface area contributed by atoms with Crippen LogP contribution in [0.2, 0.25) is 0 Å². The van der Waals surface area contributed by atoms with Gasteiger partial charge in [0.1, 0.15) is 5.82 Å². The summed E-state index contributed by atoms with van der Waals surface area (Å²) in [5.74, 6) is -1.58. The van der Waals surface area contributed by atoms with Gasteiger partial charge in [-0.1, -0.05) is 15.9 Å². The molecular formula is C8H6BrFN2O2. The Balaban J connectivity index is 2.96. The minimum absolute atomic E-state index is 0.230. The van der Waals surface area contributed by atoms with Crippen LogP contribution in [0, 0.1) is 5.82 Å². The van der Waals surface area contributed by atoms with Crippen molar-refractivity contribution in [3.63, 3.8) is 0 Å². The van der Waals surface area contributed by atoms with Crippen molar-refractivity contribution < 1.29 is 14.0 Å². The van der Waals surface area contributed by atoms with Crippen molar-refractivity contribution in [1.29, 1.82) is 0 Å². The standard InChI is InChI=1S/C8H6BrFN2O2/c9-4-1-2-5(6(10)3-4)7(13)12-8(11)14/h1-3H,(H3,11,12,13,14). The van der Waals surface area contributed by atoms with Gasteiger partial charge in [0.25, 0.3) is 5.91 Å². The van der Waals surface area contributed by atoms with E-state index in [1.807, 2.05) is 0 Å². The van der Waals surface area contributed by atoms with Gasteiger partial charge in [-0.2, -0.15) is 0 Å². The Bertz CT molecular complexity index is 395. The van der Waals surface area contributed by atoms with Crippen molar-refractivity contribution >= 4 is 27.9 Å². The van der Waals surface area contributed by atoms with Crippen LogP contribution in [0.1, 0.15) is 10.4 Å². The number of primary amides is 1. The average molecular weight is 261 g/mol. The summed E-state index contributed by atoms with van der Waals surface area (Å²) in [4.78, 5) is 21.4. The fourth-order valence-electron chi connectivity index (χ4n) is 0.853. The molecule has 1 rings (SSSR count). The van der Waals surface area contributed by atoms with Crippen LogP contribution in [0.25, 0.3) is 0 Å². The number of urea groups is 1. The van der Waals surface area contributed by atoms with Gasteiger partial charge < -0.3 is 5.73 Å². The lowest BCUT2D eigenvalue weighted by Crippen LogP contribution is -2.35. The molecule has 0 atom stereocenters. The number of nitrogens with one attached hydrogen (secondary N) is 1. The molecule has 0 fully saturated rings. The second-order valence-corrected chi connectivity index (χ2v) is 3.36. The predicted molar refractivity (Wildman–Crippen MR) is 51.1 cm³/mol. The Labute approximate surface area is 87.4 Å². The van der Waals surface area contributed by atoms with Gasteiger partial charge in [0.05, 0.1) is 5.56 Å². The minimum Gasteiger partial charge on any atom is -0.351 e. The fraction of sp³-hybridized carbons (Fsp3) is 0. The summed E-state index contributed by atoms with van der Waals surface area (Å²) >= 11 is 3.03. The number of rotatable bonds is 1. The molecule has 0 aliphatic carbocycles. The molecule has 14 heavy (non-hydrogen) atoms. The Kier molecular flexibility index (Phi) is 3.19. The molecule has 4 nitrogen and oxygen atoms in total. The number of hydrogen-bond donors (Lipinski definition) is 2. The van der Waals surface area contributed by atoms with Gasteiger partial charge in [-0.05, 0) is 18.2 Å². The monoisotopic (exact) mass is 260 g/mol. The van der Waals surface area contributed by atoms with E-state index in [-0.39, 0.29) is 5.56 Å². The van der Waals surface area contributed by atoms with Crippen molar-refractivity contribution in [2.75, 3.05) is 0 Å². The van der Waals surface area contributed by atoms with E-state index >= 15 is 0 Å². The number of imide groups is 1. The van der Waals surface area contributed by atoms with Crippen molar-refractivity contribution in [2.24, 2.45) is 5.73 Å². The molecule has 0 aliphatic rings. The first-order chi connectivity index (χ1) is 6.50. The highest BCUT2D eigenvalue weighted by atomic mass is 79.9. The third-order valence-electron chi connectivity index (χ3n) is 1.41. The van der Waals surface area contributed by atoms with E-state index in [4.69, 9.17) is 5.73 Å². The molecule has 0 radical (unpaired) electrons. The third-order valence-corrected chi connectivity index (χ3v) is 1.91. The minimum atomic E-state index is -1.02. The van der Waals surface area contributed by atoms with Crippen LogP contribution >= 0.6 is 15.9 Å². The molecule has 1 aromatic carbocycles. The van der Waals surface area contributed by atoms with Crippen LogP contribution in [0.15, 0.2) is 22.7 Å². The zero-order valence-electron chi connectivity index (χ0n) is 6.88. The predicted octanol–water partition coefficient (Wildman–Crippen LogP) is 1.40. The second kappa shape index (κ2) is 4.19. The maximum atomic E-state index is 13.1. The zero-order chi connectivity index (χ0) is 10.7. The maximum absolute atomic E-state index is 13.1. The highest BCUT2D eigenvalue weighted by molar-refractivity contribution is 9.10. The molecule has 3 amide bonds. The van der Waals surface area contributed by atoms with Crippen LogP contribution in [0.4, 0.5) is 9.18 Å². The first kappa shape index (κ1) is 10.6. The summed E-state index contributed by atoms with van der Waals surface area (Å²) in [5, 5.41) is 1.76. The molecule has 6 heteroatoms. The fourth-order valence-corrected chi connectivity index (χ4v) is 1.19. The summed E-state index contributed by atoms with van der Waals surface area (Å²) in [6.45, 7) is 0. The van der Waals surface area contributed by atoms with Crippen LogP contribution in [-0.2, 0) is 0 Å². The summed E-state index contributed by atoms with van der Waals surface area (Å²) < 4.78 is 13.6. The summed E-state index contributed by atoms with van der Waals surface area (Å²) in [5.41, 5.74) is 4.48. The van der Waals surface area contributed by atoms with E-state index in [1.54, 1.807) is 5.32 Å². The number of benzene rings is 1. The topological polar surface area (TPSA) is 72.2 Å². The van der Waals surface area contributed by atoms with E-state index in [0.717, 1.165) is 6.07 Å². The molecule has 74 valence electrons. The smallest absolute Gasteiger partial charge is 0.319 e. The third kappa shape index (κ3) is 2.53. The first-order valence-electron chi connectivity index (χ1n) is 3.56. The van der Waals surface area contributed by atoms with Crippen LogP contribution < -0.4 is 11.1 Å². The van der Waals surface area contributed by atoms with Gasteiger partial charge in [0, 0.05) is 4.47 Å². The van der Waals surface area contributed by atoms with E-state index in [0.29, 0.717) is 4.47 Å². The molecule has 0 heterocycles. The van der Waals surface area contributed by atoms with E-state index in [2.05, 4.69) is 15.9 Å². The lowest BCUT2D eigenvalue weighted by atomic mass is 10.2. The first-order valence-corrected chi connectivity index (χ1v) is 4.36. The van der Waals surface area contributed by atoms with Gasteiger partial charge in [0.15, 0.2) is 0 Å². The molecule has 0 spiro atoms. The number of carbonyl (C=O) groups excluding carboxylic acids is 2. The van der Waals surface area contributed by atoms with Crippen molar-refractivity contribution in [3.8, 4) is 0 Å². The Hall–Kier alpha value is -1.43. The lowest BCUT2D eigenvalue weighted by Gasteiger charge is -2.02. The van der Waals surface area contributed by atoms with Crippen LogP contribution in [0.5, 0.6) is 0 Å². The van der Waals surface area contributed by atoms with Gasteiger partial charge in [-0.25, -0.2) is 9.18 Å². The van der Waals surface area contributed by atoms with E-state index in [9.17, 15) is 14.0 Å². The molecular weight excluding hydrogens is 255 g/mol. The zero-order valence-corrected chi connectivity index (χ0v) is 8.47. The summed E-state index contributed by atoms with van der Waals surface area (Å²) in [6.07, 6.45) is 0. The number of hydrogen-bond acceptors (Lipinski definition) is 2. The Morgan fingerprint density at radius 2 is 2.07 bits per heavy atom. The quantitative estimate of drug-likeness (QED) is 0.801. The normalized spacial score (nSPS) is 9.57. The largest absolute Gasteiger partial charge is 0.351 e. The average Bonchev–Trinajstić information content (AvgIpc) is 2.01. The molecule has 1 aromatic rings. The van der Waals surface area contributed by atoms with Crippen LogP contribution in [-0.4, -0.2) is 11.9 Å². The Morgan fingerprint density at radius 3 is 2.57 bits per heavy atom. The van der Waals surface area contributed by atoms with Crippen molar-refractivity contribution in [1.82, 2.24) is 5.32 Å².